The molecule has 24 heavy (non-hydrogen) atoms. The van der Waals surface area contributed by atoms with Crippen LogP contribution in [-0.4, -0.2) is 28.6 Å². The van der Waals surface area contributed by atoms with Gasteiger partial charge in [-0.1, -0.05) is 6.07 Å². The molecule has 0 radical (unpaired) electrons. The van der Waals surface area contributed by atoms with Gasteiger partial charge in [0, 0.05) is 49.1 Å². The van der Waals surface area contributed by atoms with Crippen molar-refractivity contribution in [2.24, 2.45) is 0 Å². The van der Waals surface area contributed by atoms with E-state index in [4.69, 9.17) is 0 Å². The van der Waals surface area contributed by atoms with Crippen LogP contribution in [0.1, 0.15) is 34.2 Å². The summed E-state index contributed by atoms with van der Waals surface area (Å²) in [6.07, 6.45) is 0.840. The van der Waals surface area contributed by atoms with Crippen LogP contribution >= 0.6 is 12.4 Å². The standard InChI is InChI=1S/C16H19N5O2.ClH/c1-9-3-4-11(18-10(2)22)7-14(9)19-16(23)15-12-8-17-6-5-13(12)20-21-15;/h3-4,7,17H,5-6,8H2,1-2H3,(H,18,22)(H,19,23)(H,20,21);1H. The number of carbonyl (C=O) groups excluding carboxylic acids is 2. The minimum atomic E-state index is -0.255. The molecule has 0 aliphatic carbocycles. The van der Waals surface area contributed by atoms with Gasteiger partial charge in [0.1, 0.15) is 0 Å². The summed E-state index contributed by atoms with van der Waals surface area (Å²) in [6.45, 7) is 4.86. The normalized spacial score (nSPS) is 12.8. The van der Waals surface area contributed by atoms with Crippen molar-refractivity contribution in [3.8, 4) is 0 Å². The van der Waals surface area contributed by atoms with Crippen LogP contribution in [0.25, 0.3) is 0 Å². The van der Waals surface area contributed by atoms with Gasteiger partial charge in [0.15, 0.2) is 5.69 Å². The first-order valence-electron chi connectivity index (χ1n) is 7.51. The number of nitrogens with one attached hydrogen (secondary N) is 4. The third-order valence-corrected chi connectivity index (χ3v) is 3.83. The second-order valence-corrected chi connectivity index (χ2v) is 5.62. The van der Waals surface area contributed by atoms with Crippen molar-refractivity contribution in [3.63, 3.8) is 0 Å². The molecule has 0 saturated carbocycles. The van der Waals surface area contributed by atoms with Crippen LogP contribution in [-0.2, 0) is 17.8 Å². The molecule has 0 atom stereocenters. The number of fused-ring (bicyclic) bond motifs is 1. The minimum Gasteiger partial charge on any atom is -0.326 e. The second kappa shape index (κ2) is 7.46. The summed E-state index contributed by atoms with van der Waals surface area (Å²) < 4.78 is 0. The highest BCUT2D eigenvalue weighted by Gasteiger charge is 2.22. The zero-order valence-electron chi connectivity index (χ0n) is 13.5. The maximum Gasteiger partial charge on any atom is 0.276 e. The van der Waals surface area contributed by atoms with E-state index >= 15 is 0 Å². The quantitative estimate of drug-likeness (QED) is 0.681. The van der Waals surface area contributed by atoms with E-state index < -0.39 is 0 Å². The number of nitrogens with zero attached hydrogens (tertiary/aromatic N) is 1. The number of hydrogen-bond donors (Lipinski definition) is 4. The SMILES string of the molecule is CC(=O)Nc1ccc(C)c(NC(=O)c2n[nH]c3c2CNCC3)c1.Cl. The Labute approximate surface area is 146 Å². The van der Waals surface area contributed by atoms with Gasteiger partial charge in [-0.15, -0.1) is 12.4 Å². The van der Waals surface area contributed by atoms with Crippen LogP contribution in [0.5, 0.6) is 0 Å². The summed E-state index contributed by atoms with van der Waals surface area (Å²) in [5, 5.41) is 15.9. The van der Waals surface area contributed by atoms with Gasteiger partial charge in [-0.25, -0.2) is 0 Å². The van der Waals surface area contributed by atoms with E-state index in [1.165, 1.54) is 6.92 Å². The van der Waals surface area contributed by atoms with Crippen LogP contribution < -0.4 is 16.0 Å². The van der Waals surface area contributed by atoms with Crippen molar-refractivity contribution < 1.29 is 9.59 Å². The molecule has 0 unspecified atom stereocenters. The molecule has 0 spiro atoms. The maximum absolute atomic E-state index is 12.5. The lowest BCUT2D eigenvalue weighted by Crippen LogP contribution is -2.25. The zero-order valence-corrected chi connectivity index (χ0v) is 14.3. The second-order valence-electron chi connectivity index (χ2n) is 5.62. The van der Waals surface area contributed by atoms with Crippen molar-refractivity contribution >= 4 is 35.6 Å². The van der Waals surface area contributed by atoms with Crippen molar-refractivity contribution in [3.05, 3.63) is 40.7 Å². The van der Waals surface area contributed by atoms with Gasteiger partial charge in [-0.2, -0.15) is 5.10 Å². The topological polar surface area (TPSA) is 98.9 Å². The molecular formula is C16H20ClN5O2. The fraction of sp³-hybridized carbons (Fsp3) is 0.312. The van der Waals surface area contributed by atoms with Crippen molar-refractivity contribution in [2.45, 2.75) is 26.8 Å². The number of carbonyl (C=O) groups is 2. The Morgan fingerprint density at radius 1 is 1.25 bits per heavy atom. The monoisotopic (exact) mass is 349 g/mol. The number of hydrogen-bond acceptors (Lipinski definition) is 4. The maximum atomic E-state index is 12.5. The van der Waals surface area contributed by atoms with E-state index in [-0.39, 0.29) is 24.2 Å². The molecule has 1 aromatic carbocycles. The van der Waals surface area contributed by atoms with Crippen molar-refractivity contribution in [1.82, 2.24) is 15.5 Å². The first-order chi connectivity index (χ1) is 11.0. The number of rotatable bonds is 3. The Kier molecular flexibility index (Phi) is 5.58. The average Bonchev–Trinajstić information content (AvgIpc) is 2.94. The third kappa shape index (κ3) is 3.74. The molecular weight excluding hydrogens is 330 g/mol. The number of aryl methyl sites for hydroxylation is 1. The van der Waals surface area contributed by atoms with Gasteiger partial charge in [0.2, 0.25) is 5.91 Å². The van der Waals surface area contributed by atoms with E-state index in [0.29, 0.717) is 23.6 Å². The molecule has 8 heteroatoms. The lowest BCUT2D eigenvalue weighted by Gasteiger charge is -2.14. The highest BCUT2D eigenvalue weighted by Crippen LogP contribution is 2.22. The van der Waals surface area contributed by atoms with Crippen molar-refractivity contribution in [2.75, 3.05) is 17.2 Å². The Bertz CT molecular complexity index is 772. The van der Waals surface area contributed by atoms with Gasteiger partial charge >= 0.3 is 0 Å². The molecule has 1 aliphatic heterocycles. The van der Waals surface area contributed by atoms with E-state index in [9.17, 15) is 9.59 Å². The van der Waals surface area contributed by atoms with Crippen LogP contribution in [0.3, 0.4) is 0 Å². The fourth-order valence-corrected chi connectivity index (χ4v) is 2.63. The van der Waals surface area contributed by atoms with Gasteiger partial charge in [-0.05, 0) is 24.6 Å². The predicted molar refractivity (Wildman–Crippen MR) is 94.7 cm³/mol. The highest BCUT2D eigenvalue weighted by atomic mass is 35.5. The van der Waals surface area contributed by atoms with Gasteiger partial charge in [-0.3, -0.25) is 14.7 Å². The van der Waals surface area contributed by atoms with E-state index in [2.05, 4.69) is 26.1 Å². The summed E-state index contributed by atoms with van der Waals surface area (Å²) >= 11 is 0. The summed E-state index contributed by atoms with van der Waals surface area (Å²) in [5.41, 5.74) is 4.56. The first-order valence-corrected chi connectivity index (χ1v) is 7.51. The number of anilines is 2. The molecule has 0 fully saturated rings. The number of halogens is 1. The third-order valence-electron chi connectivity index (χ3n) is 3.83. The van der Waals surface area contributed by atoms with Crippen LogP contribution in [0.15, 0.2) is 18.2 Å². The van der Waals surface area contributed by atoms with E-state index in [1.807, 2.05) is 13.0 Å². The molecule has 0 bridgehead atoms. The number of amides is 2. The van der Waals surface area contributed by atoms with Crippen LogP contribution in [0.4, 0.5) is 11.4 Å². The van der Waals surface area contributed by atoms with Gasteiger partial charge in [0.25, 0.3) is 5.91 Å². The summed E-state index contributed by atoms with van der Waals surface area (Å²) in [6, 6.07) is 5.39. The highest BCUT2D eigenvalue weighted by molar-refractivity contribution is 6.05. The molecule has 2 aromatic rings. The van der Waals surface area contributed by atoms with Crippen LogP contribution in [0, 0.1) is 6.92 Å². The van der Waals surface area contributed by atoms with Gasteiger partial charge in [0.05, 0.1) is 0 Å². The lowest BCUT2D eigenvalue weighted by molar-refractivity contribution is -0.114. The molecule has 4 N–H and O–H groups in total. The molecule has 2 heterocycles. The molecule has 1 aliphatic rings. The largest absolute Gasteiger partial charge is 0.326 e. The van der Waals surface area contributed by atoms with Crippen LogP contribution in [0.2, 0.25) is 0 Å². The predicted octanol–water partition coefficient (Wildman–Crippen LogP) is 2.00. The van der Waals surface area contributed by atoms with E-state index in [0.717, 1.165) is 29.8 Å². The Balaban J connectivity index is 0.00000208. The molecule has 7 nitrogen and oxygen atoms in total. The number of H-pyrrole nitrogens is 1. The molecule has 3 rings (SSSR count). The minimum absolute atomic E-state index is 0. The fourth-order valence-electron chi connectivity index (χ4n) is 2.63. The first kappa shape index (κ1) is 18.0. The number of aromatic nitrogens is 2. The summed E-state index contributed by atoms with van der Waals surface area (Å²) in [5.74, 6) is -0.409. The summed E-state index contributed by atoms with van der Waals surface area (Å²) in [7, 11) is 0. The molecule has 0 saturated heterocycles. The Morgan fingerprint density at radius 2 is 2.04 bits per heavy atom. The zero-order chi connectivity index (χ0) is 16.4. The van der Waals surface area contributed by atoms with E-state index in [1.54, 1.807) is 12.1 Å². The average molecular weight is 350 g/mol. The Hall–Kier alpha value is -2.38. The molecule has 128 valence electrons. The smallest absolute Gasteiger partial charge is 0.276 e. The number of aromatic amines is 1. The van der Waals surface area contributed by atoms with Crippen molar-refractivity contribution in [1.29, 1.82) is 0 Å². The Morgan fingerprint density at radius 3 is 2.79 bits per heavy atom. The lowest BCUT2D eigenvalue weighted by atomic mass is 10.1. The van der Waals surface area contributed by atoms with Gasteiger partial charge < -0.3 is 16.0 Å². The molecule has 2 amide bonds. The number of benzene rings is 1. The molecule has 1 aromatic heterocycles. The summed E-state index contributed by atoms with van der Waals surface area (Å²) in [4.78, 5) is 23.7.